The first-order chi connectivity index (χ1) is 13.3. The Hall–Kier alpha value is -3.01. The monoisotopic (exact) mass is 394 g/mol. The van der Waals surface area contributed by atoms with E-state index in [1.807, 2.05) is 0 Å². The predicted octanol–water partition coefficient (Wildman–Crippen LogP) is 1.92. The second-order valence-electron chi connectivity index (χ2n) is 6.34. The SMILES string of the molecule is COC(=O)CO[C@H]1CC[C@H](c2ccc(NC(=O)C(=O)OC)c([N+](=O)[O-])c2)CC1. The first kappa shape index (κ1) is 21.3. The van der Waals surface area contributed by atoms with Crippen LogP contribution in [0.3, 0.4) is 0 Å². The molecular formula is C18H22N2O8. The van der Waals surface area contributed by atoms with Crippen molar-refractivity contribution in [3.8, 4) is 0 Å². The van der Waals surface area contributed by atoms with E-state index < -0.39 is 22.8 Å². The number of hydrogen-bond acceptors (Lipinski definition) is 8. The van der Waals surface area contributed by atoms with Crippen molar-refractivity contribution in [2.45, 2.75) is 37.7 Å². The third kappa shape index (κ3) is 5.49. The van der Waals surface area contributed by atoms with Crippen molar-refractivity contribution in [3.63, 3.8) is 0 Å². The Labute approximate surface area is 161 Å². The van der Waals surface area contributed by atoms with Gasteiger partial charge in [-0.05, 0) is 43.2 Å². The maximum atomic E-state index is 11.6. The van der Waals surface area contributed by atoms with Gasteiger partial charge in [0.2, 0.25) is 0 Å². The molecule has 2 rings (SSSR count). The number of nitro benzene ring substituents is 1. The lowest BCUT2D eigenvalue weighted by Crippen LogP contribution is -2.25. The number of rotatable bonds is 6. The van der Waals surface area contributed by atoms with E-state index in [2.05, 4.69) is 14.8 Å². The molecule has 0 bridgehead atoms. The van der Waals surface area contributed by atoms with Gasteiger partial charge >= 0.3 is 17.8 Å². The van der Waals surface area contributed by atoms with Crippen LogP contribution < -0.4 is 5.32 Å². The summed E-state index contributed by atoms with van der Waals surface area (Å²) >= 11 is 0. The van der Waals surface area contributed by atoms with Gasteiger partial charge in [-0.15, -0.1) is 0 Å². The lowest BCUT2D eigenvalue weighted by Gasteiger charge is -2.28. The van der Waals surface area contributed by atoms with E-state index in [0.717, 1.165) is 38.4 Å². The van der Waals surface area contributed by atoms with Crippen LogP contribution in [0.25, 0.3) is 0 Å². The minimum Gasteiger partial charge on any atom is -0.467 e. The Bertz CT molecular complexity index is 756. The standard InChI is InChI=1S/C18H22N2O8/c1-26-16(21)10-28-13-6-3-11(4-7-13)12-5-8-14(15(9-12)20(24)25)19-17(22)18(23)27-2/h5,8-9,11,13H,3-4,6-7,10H2,1-2H3,(H,19,22)/t11-,13-. The van der Waals surface area contributed by atoms with Crippen molar-refractivity contribution in [3.05, 3.63) is 33.9 Å². The number of nitrogens with one attached hydrogen (secondary N) is 1. The van der Waals surface area contributed by atoms with E-state index in [4.69, 9.17) is 4.74 Å². The molecule has 28 heavy (non-hydrogen) atoms. The van der Waals surface area contributed by atoms with Gasteiger partial charge in [-0.25, -0.2) is 9.59 Å². The Morgan fingerprint density at radius 3 is 2.39 bits per heavy atom. The number of hydrogen-bond donors (Lipinski definition) is 1. The Kier molecular flexibility index (Phi) is 7.44. The molecule has 0 aromatic heterocycles. The molecule has 1 aromatic rings. The number of carbonyl (C=O) groups excluding carboxylic acids is 3. The Morgan fingerprint density at radius 2 is 1.82 bits per heavy atom. The Morgan fingerprint density at radius 1 is 1.14 bits per heavy atom. The molecule has 0 radical (unpaired) electrons. The van der Waals surface area contributed by atoms with E-state index in [-0.39, 0.29) is 30.0 Å². The van der Waals surface area contributed by atoms with Crippen molar-refractivity contribution >= 4 is 29.2 Å². The average Bonchev–Trinajstić information content (AvgIpc) is 2.71. The summed E-state index contributed by atoms with van der Waals surface area (Å²) in [5.74, 6) is -2.55. The van der Waals surface area contributed by atoms with Crippen molar-refractivity contribution in [2.24, 2.45) is 0 Å². The summed E-state index contributed by atoms with van der Waals surface area (Å²) in [5, 5.41) is 13.6. The first-order valence-electron chi connectivity index (χ1n) is 8.71. The summed E-state index contributed by atoms with van der Waals surface area (Å²) in [4.78, 5) is 44.7. The van der Waals surface area contributed by atoms with Crippen LogP contribution in [0, 0.1) is 10.1 Å². The maximum absolute atomic E-state index is 11.6. The number of ether oxygens (including phenoxy) is 3. The van der Waals surface area contributed by atoms with Crippen LogP contribution in [0.15, 0.2) is 18.2 Å². The number of nitro groups is 1. The van der Waals surface area contributed by atoms with Gasteiger partial charge in [0.15, 0.2) is 0 Å². The summed E-state index contributed by atoms with van der Waals surface area (Å²) in [6.45, 7) is -0.0914. The number of anilines is 1. The first-order valence-corrected chi connectivity index (χ1v) is 8.71. The third-order valence-electron chi connectivity index (χ3n) is 4.65. The van der Waals surface area contributed by atoms with Gasteiger partial charge in [0.05, 0.1) is 25.2 Å². The molecule has 0 heterocycles. The molecule has 1 saturated carbocycles. The van der Waals surface area contributed by atoms with Gasteiger partial charge in [0.25, 0.3) is 5.69 Å². The number of carbonyl (C=O) groups is 3. The number of esters is 2. The lowest BCUT2D eigenvalue weighted by atomic mass is 9.82. The van der Waals surface area contributed by atoms with Crippen LogP contribution in [0.5, 0.6) is 0 Å². The molecule has 1 fully saturated rings. The molecule has 1 N–H and O–H groups in total. The molecule has 10 nitrogen and oxygen atoms in total. The van der Waals surface area contributed by atoms with E-state index >= 15 is 0 Å². The van der Waals surface area contributed by atoms with Crippen LogP contribution in [0.4, 0.5) is 11.4 Å². The second-order valence-corrected chi connectivity index (χ2v) is 6.34. The zero-order chi connectivity index (χ0) is 20.7. The molecule has 1 aliphatic rings. The summed E-state index contributed by atoms with van der Waals surface area (Å²) in [7, 11) is 2.34. The summed E-state index contributed by atoms with van der Waals surface area (Å²) in [5.41, 5.74) is 0.409. The quantitative estimate of drug-likeness (QED) is 0.335. The number of amides is 1. The predicted molar refractivity (Wildman–Crippen MR) is 96.7 cm³/mol. The van der Waals surface area contributed by atoms with Crippen LogP contribution in [-0.2, 0) is 28.6 Å². The zero-order valence-electron chi connectivity index (χ0n) is 15.6. The van der Waals surface area contributed by atoms with Crippen LogP contribution in [0.2, 0.25) is 0 Å². The number of nitrogens with zero attached hydrogens (tertiary/aromatic N) is 1. The fourth-order valence-corrected chi connectivity index (χ4v) is 3.13. The number of benzene rings is 1. The van der Waals surface area contributed by atoms with Crippen molar-refractivity contribution < 1.29 is 33.5 Å². The van der Waals surface area contributed by atoms with Crippen molar-refractivity contribution in [1.82, 2.24) is 0 Å². The van der Waals surface area contributed by atoms with Crippen LogP contribution >= 0.6 is 0 Å². The summed E-state index contributed by atoms with van der Waals surface area (Å²) < 4.78 is 14.3. The van der Waals surface area contributed by atoms with Crippen molar-refractivity contribution in [2.75, 3.05) is 26.1 Å². The lowest BCUT2D eigenvalue weighted by molar-refractivity contribution is -0.384. The largest absolute Gasteiger partial charge is 0.467 e. The zero-order valence-corrected chi connectivity index (χ0v) is 15.6. The van der Waals surface area contributed by atoms with Gasteiger partial charge in [-0.3, -0.25) is 14.9 Å². The molecule has 10 heteroatoms. The minimum atomic E-state index is -1.14. The highest BCUT2D eigenvalue weighted by molar-refractivity contribution is 6.37. The van der Waals surface area contributed by atoms with Crippen LogP contribution in [0.1, 0.15) is 37.2 Å². The molecule has 0 spiro atoms. The van der Waals surface area contributed by atoms with Crippen molar-refractivity contribution in [1.29, 1.82) is 0 Å². The minimum absolute atomic E-state index is 0.0519. The number of methoxy groups -OCH3 is 2. The molecule has 0 atom stereocenters. The molecule has 1 aromatic carbocycles. The Balaban J connectivity index is 2.04. The topological polar surface area (TPSA) is 134 Å². The molecule has 0 aliphatic heterocycles. The van der Waals surface area contributed by atoms with Gasteiger partial charge in [-0.1, -0.05) is 6.07 Å². The summed E-state index contributed by atoms with van der Waals surface area (Å²) in [6.07, 6.45) is 2.88. The third-order valence-corrected chi connectivity index (χ3v) is 4.65. The molecule has 0 saturated heterocycles. The van der Waals surface area contributed by atoms with E-state index in [0.29, 0.717) is 0 Å². The highest BCUT2D eigenvalue weighted by atomic mass is 16.6. The average molecular weight is 394 g/mol. The van der Waals surface area contributed by atoms with E-state index in [9.17, 15) is 24.5 Å². The summed E-state index contributed by atoms with van der Waals surface area (Å²) in [6, 6.07) is 4.52. The molecule has 0 unspecified atom stereocenters. The molecule has 1 aliphatic carbocycles. The highest BCUT2D eigenvalue weighted by Crippen LogP contribution is 2.37. The normalized spacial score (nSPS) is 18.8. The van der Waals surface area contributed by atoms with Gasteiger partial charge in [0.1, 0.15) is 12.3 Å². The highest BCUT2D eigenvalue weighted by Gasteiger charge is 2.27. The van der Waals surface area contributed by atoms with E-state index in [1.54, 1.807) is 6.07 Å². The fourth-order valence-electron chi connectivity index (χ4n) is 3.13. The maximum Gasteiger partial charge on any atom is 0.396 e. The second kappa shape index (κ2) is 9.79. The van der Waals surface area contributed by atoms with Gasteiger partial charge in [-0.2, -0.15) is 0 Å². The smallest absolute Gasteiger partial charge is 0.396 e. The van der Waals surface area contributed by atoms with Crippen LogP contribution in [-0.4, -0.2) is 49.7 Å². The molecule has 1 amide bonds. The molecular weight excluding hydrogens is 372 g/mol. The van der Waals surface area contributed by atoms with E-state index in [1.165, 1.54) is 19.2 Å². The van der Waals surface area contributed by atoms with Gasteiger partial charge < -0.3 is 19.5 Å². The fraction of sp³-hybridized carbons (Fsp3) is 0.500. The molecule has 152 valence electrons. The van der Waals surface area contributed by atoms with Gasteiger partial charge in [0, 0.05) is 6.07 Å².